The summed E-state index contributed by atoms with van der Waals surface area (Å²) in [5.74, 6) is -0.814. The van der Waals surface area contributed by atoms with Gasteiger partial charge in [0.05, 0.1) is 17.2 Å². The second-order valence-corrected chi connectivity index (χ2v) is 5.72. The SMILES string of the molecule is CCCOc1ccc(C(F)(F)F)cc1Cc1nc(C(=O)O)cs1. The molecule has 1 aromatic carbocycles. The number of aromatic carboxylic acids is 1. The maximum absolute atomic E-state index is 12.9. The van der Waals surface area contributed by atoms with Crippen molar-refractivity contribution < 1.29 is 27.8 Å². The summed E-state index contributed by atoms with van der Waals surface area (Å²) < 4.78 is 44.1. The number of alkyl halides is 3. The first-order valence-electron chi connectivity index (χ1n) is 6.82. The van der Waals surface area contributed by atoms with Gasteiger partial charge in [-0.15, -0.1) is 11.3 Å². The molecule has 0 aliphatic heterocycles. The average molecular weight is 345 g/mol. The van der Waals surface area contributed by atoms with Crippen molar-refractivity contribution in [3.05, 3.63) is 45.4 Å². The molecule has 0 unspecified atom stereocenters. The maximum Gasteiger partial charge on any atom is 0.416 e. The van der Waals surface area contributed by atoms with E-state index in [2.05, 4.69) is 4.98 Å². The molecule has 1 heterocycles. The Morgan fingerprint density at radius 1 is 1.39 bits per heavy atom. The summed E-state index contributed by atoms with van der Waals surface area (Å²) in [5, 5.41) is 10.6. The van der Waals surface area contributed by atoms with E-state index >= 15 is 0 Å². The number of halogens is 3. The van der Waals surface area contributed by atoms with Gasteiger partial charge in [-0.2, -0.15) is 13.2 Å². The van der Waals surface area contributed by atoms with Crippen LogP contribution < -0.4 is 4.74 Å². The lowest BCUT2D eigenvalue weighted by Crippen LogP contribution is -2.07. The summed E-state index contributed by atoms with van der Waals surface area (Å²) in [6.45, 7) is 2.28. The minimum Gasteiger partial charge on any atom is -0.493 e. The molecule has 4 nitrogen and oxygen atoms in total. The van der Waals surface area contributed by atoms with Gasteiger partial charge < -0.3 is 9.84 Å². The van der Waals surface area contributed by atoms with Gasteiger partial charge in [-0.3, -0.25) is 0 Å². The van der Waals surface area contributed by atoms with Gasteiger partial charge in [0.2, 0.25) is 0 Å². The molecule has 2 aromatic rings. The van der Waals surface area contributed by atoms with Gasteiger partial charge >= 0.3 is 12.1 Å². The smallest absolute Gasteiger partial charge is 0.416 e. The number of hydrogen-bond donors (Lipinski definition) is 1. The first-order chi connectivity index (χ1) is 10.8. The van der Waals surface area contributed by atoms with Crippen LogP contribution in [0.4, 0.5) is 13.2 Å². The summed E-state index contributed by atoms with van der Waals surface area (Å²) >= 11 is 1.09. The standard InChI is InChI=1S/C15H14F3NO3S/c1-2-5-22-12-4-3-10(15(16,17)18)6-9(12)7-13-19-11(8-23-13)14(20)21/h3-4,6,8H,2,5,7H2,1H3,(H,20,21). The highest BCUT2D eigenvalue weighted by molar-refractivity contribution is 7.09. The molecule has 0 saturated carbocycles. The molecule has 0 spiro atoms. The van der Waals surface area contributed by atoms with Crippen LogP contribution in [0.15, 0.2) is 23.6 Å². The number of ether oxygens (including phenoxy) is 1. The molecule has 0 fully saturated rings. The molecule has 0 amide bonds. The highest BCUT2D eigenvalue weighted by Crippen LogP contribution is 2.33. The Morgan fingerprint density at radius 3 is 2.70 bits per heavy atom. The van der Waals surface area contributed by atoms with Crippen LogP contribution in [0.5, 0.6) is 5.75 Å². The fourth-order valence-corrected chi connectivity index (χ4v) is 2.69. The second-order valence-electron chi connectivity index (χ2n) is 4.78. The van der Waals surface area contributed by atoms with E-state index in [1.54, 1.807) is 0 Å². The zero-order valence-electron chi connectivity index (χ0n) is 12.2. The van der Waals surface area contributed by atoms with E-state index in [1.807, 2.05) is 6.92 Å². The van der Waals surface area contributed by atoms with Crippen LogP contribution in [0.25, 0.3) is 0 Å². The third-order valence-electron chi connectivity index (χ3n) is 2.96. The van der Waals surface area contributed by atoms with E-state index in [4.69, 9.17) is 9.84 Å². The third-order valence-corrected chi connectivity index (χ3v) is 3.81. The van der Waals surface area contributed by atoms with Crippen molar-refractivity contribution in [2.75, 3.05) is 6.61 Å². The Hall–Kier alpha value is -2.09. The number of carboxylic acids is 1. The monoisotopic (exact) mass is 345 g/mol. The topological polar surface area (TPSA) is 59.4 Å². The van der Waals surface area contributed by atoms with Gasteiger partial charge in [-0.1, -0.05) is 6.92 Å². The Bertz CT molecular complexity index is 698. The molecule has 0 radical (unpaired) electrons. The number of hydrogen-bond acceptors (Lipinski definition) is 4. The first kappa shape index (κ1) is 17.3. The number of aromatic nitrogens is 1. The van der Waals surface area contributed by atoms with E-state index in [0.717, 1.165) is 29.9 Å². The van der Waals surface area contributed by atoms with Crippen LogP contribution in [0.3, 0.4) is 0 Å². The highest BCUT2D eigenvalue weighted by atomic mass is 32.1. The fraction of sp³-hybridized carbons (Fsp3) is 0.333. The van der Waals surface area contributed by atoms with E-state index in [0.29, 0.717) is 22.9 Å². The van der Waals surface area contributed by atoms with Crippen LogP contribution in [0.2, 0.25) is 0 Å². The van der Waals surface area contributed by atoms with Crippen LogP contribution in [0.1, 0.15) is 40.0 Å². The molecule has 124 valence electrons. The van der Waals surface area contributed by atoms with Crippen LogP contribution in [0, 0.1) is 0 Å². The van der Waals surface area contributed by atoms with E-state index in [-0.39, 0.29) is 12.1 Å². The molecule has 0 atom stereocenters. The van der Waals surface area contributed by atoms with Gasteiger partial charge in [0.15, 0.2) is 5.69 Å². The molecule has 1 aromatic heterocycles. The van der Waals surface area contributed by atoms with Crippen molar-refractivity contribution in [3.8, 4) is 5.75 Å². The molecule has 0 bridgehead atoms. The van der Waals surface area contributed by atoms with Crippen molar-refractivity contribution in [1.29, 1.82) is 0 Å². The number of benzene rings is 1. The van der Waals surface area contributed by atoms with Gasteiger partial charge in [0.25, 0.3) is 0 Å². The van der Waals surface area contributed by atoms with E-state index in [9.17, 15) is 18.0 Å². The maximum atomic E-state index is 12.9. The number of thiazole rings is 1. The minimum absolute atomic E-state index is 0.0842. The largest absolute Gasteiger partial charge is 0.493 e. The van der Waals surface area contributed by atoms with Crippen molar-refractivity contribution in [1.82, 2.24) is 4.98 Å². The number of carboxylic acid groups (broad SMARTS) is 1. The van der Waals surface area contributed by atoms with Crippen molar-refractivity contribution >= 4 is 17.3 Å². The van der Waals surface area contributed by atoms with Crippen molar-refractivity contribution in [2.24, 2.45) is 0 Å². The fourth-order valence-electron chi connectivity index (χ4n) is 1.90. The van der Waals surface area contributed by atoms with E-state index in [1.165, 1.54) is 11.4 Å². The molecule has 8 heteroatoms. The lowest BCUT2D eigenvalue weighted by Gasteiger charge is -2.13. The number of nitrogens with zero attached hydrogens (tertiary/aromatic N) is 1. The van der Waals surface area contributed by atoms with Gasteiger partial charge in [0, 0.05) is 17.4 Å². The quantitative estimate of drug-likeness (QED) is 0.851. The van der Waals surface area contributed by atoms with Crippen LogP contribution in [-0.2, 0) is 12.6 Å². The van der Waals surface area contributed by atoms with Crippen molar-refractivity contribution in [2.45, 2.75) is 25.9 Å². The number of carbonyl (C=O) groups is 1. The zero-order chi connectivity index (χ0) is 17.0. The minimum atomic E-state index is -4.45. The lowest BCUT2D eigenvalue weighted by molar-refractivity contribution is -0.137. The Morgan fingerprint density at radius 2 is 2.13 bits per heavy atom. The summed E-state index contributed by atoms with van der Waals surface area (Å²) in [6, 6.07) is 3.28. The normalized spacial score (nSPS) is 11.5. The molecular formula is C15H14F3NO3S. The Labute approximate surface area is 134 Å². The van der Waals surface area contributed by atoms with Gasteiger partial charge in [-0.25, -0.2) is 9.78 Å². The molecule has 0 saturated heterocycles. The molecule has 0 aliphatic carbocycles. The summed E-state index contributed by atoms with van der Waals surface area (Å²) in [4.78, 5) is 14.7. The van der Waals surface area contributed by atoms with Crippen LogP contribution in [-0.4, -0.2) is 22.7 Å². The predicted molar refractivity (Wildman–Crippen MR) is 79.1 cm³/mol. The zero-order valence-corrected chi connectivity index (χ0v) is 13.0. The summed E-state index contributed by atoms with van der Waals surface area (Å²) in [5.41, 5.74) is -0.557. The summed E-state index contributed by atoms with van der Waals surface area (Å²) in [7, 11) is 0. The molecule has 1 N–H and O–H groups in total. The van der Waals surface area contributed by atoms with Crippen molar-refractivity contribution in [3.63, 3.8) is 0 Å². The molecular weight excluding hydrogens is 331 g/mol. The van der Waals surface area contributed by atoms with Gasteiger partial charge in [-0.05, 0) is 24.6 Å². The Balaban J connectivity index is 2.33. The molecule has 2 rings (SSSR count). The molecule has 23 heavy (non-hydrogen) atoms. The average Bonchev–Trinajstić information content (AvgIpc) is 2.93. The first-order valence-corrected chi connectivity index (χ1v) is 7.70. The highest BCUT2D eigenvalue weighted by Gasteiger charge is 2.31. The lowest BCUT2D eigenvalue weighted by atomic mass is 10.1. The number of rotatable bonds is 6. The van der Waals surface area contributed by atoms with Crippen LogP contribution >= 0.6 is 11.3 Å². The van der Waals surface area contributed by atoms with E-state index < -0.39 is 17.7 Å². The van der Waals surface area contributed by atoms with Gasteiger partial charge in [0.1, 0.15) is 5.75 Å². The Kier molecular flexibility index (Phi) is 5.25. The predicted octanol–water partition coefficient (Wildman–Crippen LogP) is 4.24. The molecule has 0 aliphatic rings. The second kappa shape index (κ2) is 6.99. The third kappa shape index (κ3) is 4.44. The summed E-state index contributed by atoms with van der Waals surface area (Å²) in [6.07, 6.45) is -3.64.